The van der Waals surface area contributed by atoms with Gasteiger partial charge in [0, 0.05) is 36.2 Å². The fourth-order valence-electron chi connectivity index (χ4n) is 3.34. The van der Waals surface area contributed by atoms with Gasteiger partial charge in [0.05, 0.1) is 10.6 Å². The van der Waals surface area contributed by atoms with E-state index in [1.54, 1.807) is 12.1 Å². The molecule has 0 spiro atoms. The second kappa shape index (κ2) is 8.07. The lowest BCUT2D eigenvalue weighted by Gasteiger charge is -2.44. The fourth-order valence-corrected chi connectivity index (χ4v) is 3.90. The summed E-state index contributed by atoms with van der Waals surface area (Å²) >= 11 is 9.64. The average molecular weight is 440 g/mol. The molecule has 2 aromatic carbocycles. The van der Waals surface area contributed by atoms with Crippen molar-refractivity contribution in [2.75, 3.05) is 13.1 Å². The second-order valence-electron chi connectivity index (χ2n) is 6.84. The van der Waals surface area contributed by atoms with Gasteiger partial charge in [-0.05, 0) is 49.7 Å². The van der Waals surface area contributed by atoms with Gasteiger partial charge < -0.3 is 4.90 Å². The number of halogens is 3. The standard InChI is InChI=1S/C20H21BrClFN2O/c1-13-11-25(20(26)18-9-16(21)5-8-19(18)22)14(2)10-24(13)12-15-3-6-17(23)7-4-15/h3-9,13-14H,10-12H2,1-2H3/t13-,14-/m0/s1. The summed E-state index contributed by atoms with van der Waals surface area (Å²) in [5.41, 5.74) is 1.59. The number of hydrogen-bond donors (Lipinski definition) is 0. The van der Waals surface area contributed by atoms with Crippen molar-refractivity contribution >= 4 is 33.4 Å². The number of carbonyl (C=O) groups is 1. The van der Waals surface area contributed by atoms with Crippen LogP contribution >= 0.6 is 27.5 Å². The molecule has 1 fully saturated rings. The third kappa shape index (κ3) is 4.27. The van der Waals surface area contributed by atoms with Crippen LogP contribution in [0.25, 0.3) is 0 Å². The SMILES string of the molecule is C[C@H]1CN(C(=O)c2cc(Br)ccc2Cl)[C@@H](C)CN1Cc1ccc(F)cc1. The highest BCUT2D eigenvalue weighted by atomic mass is 79.9. The molecule has 0 bridgehead atoms. The minimum absolute atomic E-state index is 0.0444. The smallest absolute Gasteiger partial charge is 0.255 e. The van der Waals surface area contributed by atoms with Gasteiger partial charge in [-0.2, -0.15) is 0 Å². The van der Waals surface area contributed by atoms with Crippen LogP contribution in [0.3, 0.4) is 0 Å². The molecule has 1 heterocycles. The summed E-state index contributed by atoms with van der Waals surface area (Å²) in [5, 5.41) is 0.465. The molecule has 0 radical (unpaired) electrons. The highest BCUT2D eigenvalue weighted by Gasteiger charge is 2.33. The molecule has 0 aromatic heterocycles. The monoisotopic (exact) mass is 438 g/mol. The predicted octanol–water partition coefficient (Wildman–Crippen LogP) is 4.98. The van der Waals surface area contributed by atoms with Crippen LogP contribution in [0, 0.1) is 5.82 Å². The summed E-state index contributed by atoms with van der Waals surface area (Å²) < 4.78 is 13.9. The van der Waals surface area contributed by atoms with E-state index in [0.717, 1.165) is 23.1 Å². The van der Waals surface area contributed by atoms with Crippen molar-refractivity contribution < 1.29 is 9.18 Å². The summed E-state index contributed by atoms with van der Waals surface area (Å²) in [6, 6.07) is 12.2. The van der Waals surface area contributed by atoms with Crippen LogP contribution in [0.4, 0.5) is 4.39 Å². The molecular weight excluding hydrogens is 419 g/mol. The first-order valence-electron chi connectivity index (χ1n) is 8.59. The van der Waals surface area contributed by atoms with Crippen molar-refractivity contribution in [2.45, 2.75) is 32.5 Å². The Morgan fingerprint density at radius 3 is 2.54 bits per heavy atom. The summed E-state index contributed by atoms with van der Waals surface area (Å²) in [6.07, 6.45) is 0. The Bertz CT molecular complexity index is 799. The molecule has 1 saturated heterocycles. The maximum Gasteiger partial charge on any atom is 0.255 e. The Labute approximate surface area is 166 Å². The van der Waals surface area contributed by atoms with Gasteiger partial charge in [0.2, 0.25) is 0 Å². The minimum atomic E-state index is -0.225. The molecule has 1 aliphatic heterocycles. The van der Waals surface area contributed by atoms with Crippen LogP contribution < -0.4 is 0 Å². The van der Waals surface area contributed by atoms with Crippen LogP contribution in [-0.4, -0.2) is 40.9 Å². The van der Waals surface area contributed by atoms with Crippen LogP contribution in [0.5, 0.6) is 0 Å². The number of amides is 1. The first kappa shape index (κ1) is 19.3. The highest BCUT2D eigenvalue weighted by Crippen LogP contribution is 2.26. The molecule has 2 atom stereocenters. The van der Waals surface area contributed by atoms with Crippen LogP contribution in [0.2, 0.25) is 5.02 Å². The van der Waals surface area contributed by atoms with E-state index in [2.05, 4.69) is 27.8 Å². The normalized spacial score (nSPS) is 21.0. The molecular formula is C20H21BrClFN2O. The van der Waals surface area contributed by atoms with Gasteiger partial charge in [-0.3, -0.25) is 9.69 Å². The first-order chi connectivity index (χ1) is 12.3. The Morgan fingerprint density at radius 1 is 1.15 bits per heavy atom. The number of nitrogens with zero attached hydrogens (tertiary/aromatic N) is 2. The Morgan fingerprint density at radius 2 is 1.85 bits per heavy atom. The Kier molecular flexibility index (Phi) is 6.00. The summed E-state index contributed by atoms with van der Waals surface area (Å²) in [5.74, 6) is -0.270. The average Bonchev–Trinajstić information content (AvgIpc) is 2.61. The molecule has 138 valence electrons. The number of carbonyl (C=O) groups excluding carboxylic acids is 1. The molecule has 0 saturated carbocycles. The lowest BCUT2D eigenvalue weighted by atomic mass is 10.0. The highest BCUT2D eigenvalue weighted by molar-refractivity contribution is 9.10. The van der Waals surface area contributed by atoms with E-state index in [4.69, 9.17) is 11.6 Å². The molecule has 26 heavy (non-hydrogen) atoms. The number of piperazine rings is 1. The van der Waals surface area contributed by atoms with Crippen LogP contribution in [-0.2, 0) is 6.54 Å². The Hall–Kier alpha value is -1.43. The van der Waals surface area contributed by atoms with Gasteiger partial charge in [0.25, 0.3) is 5.91 Å². The number of hydrogen-bond acceptors (Lipinski definition) is 2. The fraction of sp³-hybridized carbons (Fsp3) is 0.350. The zero-order chi connectivity index (χ0) is 18.8. The lowest BCUT2D eigenvalue weighted by molar-refractivity contribution is 0.0291. The van der Waals surface area contributed by atoms with E-state index < -0.39 is 0 Å². The maximum atomic E-state index is 13.1. The van der Waals surface area contributed by atoms with Gasteiger partial charge in [-0.15, -0.1) is 0 Å². The van der Waals surface area contributed by atoms with Gasteiger partial charge in [-0.1, -0.05) is 39.7 Å². The van der Waals surface area contributed by atoms with E-state index >= 15 is 0 Å². The van der Waals surface area contributed by atoms with E-state index in [1.165, 1.54) is 12.1 Å². The summed E-state index contributed by atoms with van der Waals surface area (Å²) in [7, 11) is 0. The number of benzene rings is 2. The lowest BCUT2D eigenvalue weighted by Crippen LogP contribution is -2.57. The van der Waals surface area contributed by atoms with Crippen LogP contribution in [0.15, 0.2) is 46.9 Å². The third-order valence-corrected chi connectivity index (χ3v) is 5.66. The minimum Gasteiger partial charge on any atom is -0.333 e. The van der Waals surface area contributed by atoms with E-state index in [0.29, 0.717) is 17.1 Å². The van der Waals surface area contributed by atoms with Gasteiger partial charge in [0.15, 0.2) is 0 Å². The van der Waals surface area contributed by atoms with E-state index in [1.807, 2.05) is 30.0 Å². The molecule has 6 heteroatoms. The first-order valence-corrected chi connectivity index (χ1v) is 9.76. The number of rotatable bonds is 3. The summed E-state index contributed by atoms with van der Waals surface area (Å²) in [6.45, 7) is 6.29. The van der Waals surface area contributed by atoms with Gasteiger partial charge in [-0.25, -0.2) is 4.39 Å². The molecule has 0 N–H and O–H groups in total. The maximum absolute atomic E-state index is 13.1. The van der Waals surface area contributed by atoms with Crippen LogP contribution in [0.1, 0.15) is 29.8 Å². The van der Waals surface area contributed by atoms with Crippen molar-refractivity contribution in [1.82, 2.24) is 9.80 Å². The van der Waals surface area contributed by atoms with Crippen molar-refractivity contribution in [2.24, 2.45) is 0 Å². The molecule has 2 aromatic rings. The second-order valence-corrected chi connectivity index (χ2v) is 8.16. The topological polar surface area (TPSA) is 23.6 Å². The van der Waals surface area contributed by atoms with E-state index in [-0.39, 0.29) is 23.8 Å². The van der Waals surface area contributed by atoms with Crippen molar-refractivity contribution in [3.8, 4) is 0 Å². The molecule has 1 aliphatic rings. The molecule has 0 aliphatic carbocycles. The quantitative estimate of drug-likeness (QED) is 0.673. The zero-order valence-corrected chi connectivity index (χ0v) is 17.1. The molecule has 1 amide bonds. The van der Waals surface area contributed by atoms with E-state index in [9.17, 15) is 9.18 Å². The molecule has 3 nitrogen and oxygen atoms in total. The summed E-state index contributed by atoms with van der Waals surface area (Å²) in [4.78, 5) is 17.2. The molecule has 0 unspecified atom stereocenters. The van der Waals surface area contributed by atoms with Gasteiger partial charge in [0.1, 0.15) is 5.82 Å². The Balaban J connectivity index is 1.72. The predicted molar refractivity (Wildman–Crippen MR) is 106 cm³/mol. The van der Waals surface area contributed by atoms with Crippen molar-refractivity contribution in [3.05, 3.63) is 68.9 Å². The van der Waals surface area contributed by atoms with Crippen molar-refractivity contribution in [1.29, 1.82) is 0 Å². The largest absolute Gasteiger partial charge is 0.333 e. The van der Waals surface area contributed by atoms with Gasteiger partial charge >= 0.3 is 0 Å². The molecule has 3 rings (SSSR count). The van der Waals surface area contributed by atoms with Crippen molar-refractivity contribution in [3.63, 3.8) is 0 Å². The zero-order valence-electron chi connectivity index (χ0n) is 14.8. The third-order valence-electron chi connectivity index (χ3n) is 4.83.